The number of nitrogens with zero attached hydrogens (tertiary/aromatic N) is 2. The lowest BCUT2D eigenvalue weighted by Crippen LogP contribution is -2.43. The van der Waals surface area contributed by atoms with Gasteiger partial charge in [0.05, 0.1) is 6.61 Å². The molecule has 1 unspecified atom stereocenters. The number of aromatic nitrogens is 2. The minimum absolute atomic E-state index is 0.0259. The molecule has 1 saturated heterocycles. The number of benzene rings is 1. The number of carbonyl (C=O) groups excluding carboxylic acids is 1. The number of ether oxygens (including phenoxy) is 1. The molecule has 2 aliphatic rings. The first-order valence-corrected chi connectivity index (χ1v) is 12.4. The van der Waals surface area contributed by atoms with Gasteiger partial charge in [0.25, 0.3) is 5.56 Å². The number of carbonyl (C=O) groups is 1. The summed E-state index contributed by atoms with van der Waals surface area (Å²) in [6.45, 7) is 10.3. The van der Waals surface area contributed by atoms with Crippen LogP contribution in [0.4, 0.5) is 5.82 Å². The Morgan fingerprint density at radius 2 is 1.97 bits per heavy atom. The summed E-state index contributed by atoms with van der Waals surface area (Å²) in [5.74, 6) is 2.05. The van der Waals surface area contributed by atoms with Gasteiger partial charge in [-0.15, -0.1) is 0 Å². The first-order chi connectivity index (χ1) is 16.9. The fraction of sp³-hybridized carbons (Fsp3) is 0.393. The Balaban J connectivity index is 1.42. The normalized spacial score (nSPS) is 17.2. The van der Waals surface area contributed by atoms with Crippen molar-refractivity contribution in [1.82, 2.24) is 15.3 Å². The zero-order valence-corrected chi connectivity index (χ0v) is 20.6. The molecule has 5 rings (SSSR count). The van der Waals surface area contributed by atoms with Crippen molar-refractivity contribution in [2.75, 3.05) is 37.7 Å². The molecule has 7 heteroatoms. The molecule has 0 amide bonds. The Hall–Kier alpha value is -3.45. The molecule has 3 aromatic rings. The third-order valence-electron chi connectivity index (χ3n) is 7.04. The maximum Gasteiger partial charge on any atom is 0.251 e. The van der Waals surface area contributed by atoms with Crippen molar-refractivity contribution in [3.63, 3.8) is 0 Å². The first-order valence-electron chi connectivity index (χ1n) is 12.4. The van der Waals surface area contributed by atoms with Crippen molar-refractivity contribution in [2.45, 2.75) is 39.5 Å². The summed E-state index contributed by atoms with van der Waals surface area (Å²) in [7, 11) is 0. The van der Waals surface area contributed by atoms with Crippen LogP contribution >= 0.6 is 0 Å². The van der Waals surface area contributed by atoms with Crippen LogP contribution in [-0.2, 0) is 6.42 Å². The second-order valence-corrected chi connectivity index (χ2v) is 9.66. The lowest BCUT2D eigenvalue weighted by Gasteiger charge is -2.28. The third-order valence-corrected chi connectivity index (χ3v) is 7.04. The fourth-order valence-corrected chi connectivity index (χ4v) is 5.05. The van der Waals surface area contributed by atoms with Crippen LogP contribution in [0.5, 0.6) is 5.75 Å². The Kier molecular flexibility index (Phi) is 6.43. The van der Waals surface area contributed by atoms with Gasteiger partial charge in [0, 0.05) is 78.2 Å². The van der Waals surface area contributed by atoms with Gasteiger partial charge in [0.1, 0.15) is 11.6 Å². The SMILES string of the molecule is Cc1cc(C)c(CCC(=O)c2cc(-c3ccc(N4CCNCC4)nc3)c3c(c2)C(C)CO3)c(=O)[nH]1. The summed E-state index contributed by atoms with van der Waals surface area (Å²) < 4.78 is 6.05. The van der Waals surface area contributed by atoms with Gasteiger partial charge in [0.2, 0.25) is 0 Å². The number of anilines is 1. The number of fused-ring (bicyclic) bond motifs is 1. The fourth-order valence-electron chi connectivity index (χ4n) is 5.05. The minimum atomic E-state index is -0.109. The van der Waals surface area contributed by atoms with Gasteiger partial charge in [-0.25, -0.2) is 4.98 Å². The molecule has 0 saturated carbocycles. The van der Waals surface area contributed by atoms with Gasteiger partial charge in [-0.2, -0.15) is 0 Å². The van der Waals surface area contributed by atoms with Crippen molar-refractivity contribution < 1.29 is 9.53 Å². The molecule has 1 aromatic carbocycles. The number of pyridine rings is 2. The maximum absolute atomic E-state index is 13.3. The van der Waals surface area contributed by atoms with E-state index in [-0.39, 0.29) is 23.7 Å². The molecule has 1 atom stereocenters. The molecule has 182 valence electrons. The number of rotatable bonds is 6. The van der Waals surface area contributed by atoms with E-state index in [2.05, 4.69) is 28.2 Å². The highest BCUT2D eigenvalue weighted by Gasteiger charge is 2.26. The number of Topliss-reactive ketones (excluding diaryl/α,β-unsaturated/α-hetero) is 1. The summed E-state index contributed by atoms with van der Waals surface area (Å²) in [5.41, 5.74) is 5.87. The summed E-state index contributed by atoms with van der Waals surface area (Å²) in [5, 5.41) is 3.36. The standard InChI is InChI=1S/C28H32N4O3/c1-17-12-19(3)31-28(34)22(17)5-6-25(33)21-13-23-18(2)16-35-27(23)24(14-21)20-4-7-26(30-15-20)32-10-8-29-9-11-32/h4,7,12-15,18,29H,5-6,8-11,16H2,1-3H3,(H,31,34). The molecule has 35 heavy (non-hydrogen) atoms. The van der Waals surface area contributed by atoms with Crippen LogP contribution in [0.2, 0.25) is 0 Å². The van der Waals surface area contributed by atoms with Gasteiger partial charge in [-0.1, -0.05) is 6.92 Å². The largest absolute Gasteiger partial charge is 0.492 e. The highest BCUT2D eigenvalue weighted by atomic mass is 16.5. The van der Waals surface area contributed by atoms with Gasteiger partial charge in [-0.05, 0) is 56.2 Å². The van der Waals surface area contributed by atoms with Crippen molar-refractivity contribution in [1.29, 1.82) is 0 Å². The number of aryl methyl sites for hydroxylation is 2. The number of hydrogen-bond acceptors (Lipinski definition) is 6. The van der Waals surface area contributed by atoms with E-state index in [1.54, 1.807) is 0 Å². The molecule has 2 aromatic heterocycles. The van der Waals surface area contributed by atoms with Crippen LogP contribution in [0.1, 0.15) is 52.0 Å². The predicted molar refractivity (Wildman–Crippen MR) is 138 cm³/mol. The van der Waals surface area contributed by atoms with E-state index >= 15 is 0 Å². The minimum Gasteiger partial charge on any atom is -0.492 e. The van der Waals surface area contributed by atoms with Crippen LogP contribution in [0, 0.1) is 13.8 Å². The van der Waals surface area contributed by atoms with E-state index in [0.717, 1.165) is 65.7 Å². The summed E-state index contributed by atoms with van der Waals surface area (Å²) in [4.78, 5) is 35.5. The quantitative estimate of drug-likeness (QED) is 0.531. The van der Waals surface area contributed by atoms with Gasteiger partial charge in [0.15, 0.2) is 5.78 Å². The lowest BCUT2D eigenvalue weighted by molar-refractivity contribution is 0.0982. The lowest BCUT2D eigenvalue weighted by atomic mass is 9.92. The molecule has 2 N–H and O–H groups in total. The van der Waals surface area contributed by atoms with Gasteiger partial charge >= 0.3 is 0 Å². The van der Waals surface area contributed by atoms with Crippen molar-refractivity contribution in [3.05, 3.63) is 74.8 Å². The third kappa shape index (κ3) is 4.73. The average Bonchev–Trinajstić information content (AvgIpc) is 3.24. The molecule has 0 spiro atoms. The van der Waals surface area contributed by atoms with E-state index in [9.17, 15) is 9.59 Å². The number of nitrogens with one attached hydrogen (secondary N) is 2. The zero-order chi connectivity index (χ0) is 24.5. The van der Waals surface area contributed by atoms with E-state index in [4.69, 9.17) is 9.72 Å². The molecule has 1 fully saturated rings. The van der Waals surface area contributed by atoms with E-state index in [0.29, 0.717) is 24.2 Å². The Morgan fingerprint density at radius 1 is 1.17 bits per heavy atom. The second-order valence-electron chi connectivity index (χ2n) is 9.66. The van der Waals surface area contributed by atoms with Crippen LogP contribution in [-0.4, -0.2) is 48.5 Å². The summed E-state index contributed by atoms with van der Waals surface area (Å²) in [6, 6.07) is 9.95. The highest BCUT2D eigenvalue weighted by Crippen LogP contribution is 2.42. The van der Waals surface area contributed by atoms with Crippen LogP contribution in [0.25, 0.3) is 11.1 Å². The van der Waals surface area contributed by atoms with Crippen LogP contribution in [0.15, 0.2) is 41.3 Å². The Bertz CT molecular complexity index is 1310. The van der Waals surface area contributed by atoms with Crippen LogP contribution < -0.4 is 20.5 Å². The number of hydrogen-bond donors (Lipinski definition) is 2. The predicted octanol–water partition coefficient (Wildman–Crippen LogP) is 3.77. The van der Waals surface area contributed by atoms with E-state index < -0.39 is 0 Å². The highest BCUT2D eigenvalue weighted by molar-refractivity contribution is 5.98. The molecule has 0 radical (unpaired) electrons. The first kappa shape index (κ1) is 23.3. The van der Waals surface area contributed by atoms with Gasteiger partial charge < -0.3 is 19.9 Å². The molecule has 7 nitrogen and oxygen atoms in total. The summed E-state index contributed by atoms with van der Waals surface area (Å²) in [6.07, 6.45) is 2.57. The monoisotopic (exact) mass is 472 g/mol. The number of piperazine rings is 1. The molecular formula is C28H32N4O3. The van der Waals surface area contributed by atoms with Crippen molar-refractivity contribution in [3.8, 4) is 16.9 Å². The topological polar surface area (TPSA) is 87.3 Å². The van der Waals surface area contributed by atoms with E-state index in [1.165, 1.54) is 0 Å². The number of H-pyrrole nitrogens is 1. The van der Waals surface area contributed by atoms with Crippen molar-refractivity contribution >= 4 is 11.6 Å². The van der Waals surface area contributed by atoms with Crippen LogP contribution in [0.3, 0.4) is 0 Å². The van der Waals surface area contributed by atoms with Crippen molar-refractivity contribution in [2.24, 2.45) is 0 Å². The zero-order valence-electron chi connectivity index (χ0n) is 20.6. The second kappa shape index (κ2) is 9.66. The van der Waals surface area contributed by atoms with Gasteiger partial charge in [-0.3, -0.25) is 9.59 Å². The molecule has 2 aliphatic heterocycles. The molecule has 4 heterocycles. The number of aromatic amines is 1. The number of ketones is 1. The molecule has 0 bridgehead atoms. The molecule has 0 aliphatic carbocycles. The smallest absolute Gasteiger partial charge is 0.251 e. The Morgan fingerprint density at radius 3 is 2.69 bits per heavy atom. The summed E-state index contributed by atoms with van der Waals surface area (Å²) >= 11 is 0. The average molecular weight is 473 g/mol. The van der Waals surface area contributed by atoms with E-state index in [1.807, 2.05) is 44.3 Å². The Labute approximate surface area is 205 Å². The maximum atomic E-state index is 13.3. The molecular weight excluding hydrogens is 440 g/mol.